The molecule has 110 valence electrons. The van der Waals surface area contributed by atoms with Gasteiger partial charge in [0.25, 0.3) is 0 Å². The third kappa shape index (κ3) is 3.38. The minimum Gasteiger partial charge on any atom is -0.309 e. The molecule has 1 aromatic carbocycles. The highest BCUT2D eigenvalue weighted by Crippen LogP contribution is 2.17. The van der Waals surface area contributed by atoms with Crippen LogP contribution in [0.4, 0.5) is 5.82 Å². The Morgan fingerprint density at radius 2 is 2.00 bits per heavy atom. The number of aryl methyl sites for hydroxylation is 1. The van der Waals surface area contributed by atoms with Crippen LogP contribution in [0.25, 0.3) is 11.1 Å². The molecule has 0 spiro atoms. The average molecular weight is 292 g/mol. The largest absolute Gasteiger partial charge is 0.309 e. The third-order valence-corrected chi connectivity index (χ3v) is 3.23. The number of amides is 1. The second kappa shape index (κ2) is 6.22. The molecule has 0 aliphatic heterocycles. The maximum atomic E-state index is 12.0. The molecular formula is C17H16N4O. The number of benzene rings is 1. The van der Waals surface area contributed by atoms with Gasteiger partial charge in [-0.1, -0.05) is 30.3 Å². The molecule has 22 heavy (non-hydrogen) atoms. The Hall–Kier alpha value is -2.95. The van der Waals surface area contributed by atoms with Crippen LogP contribution >= 0.6 is 0 Å². The standard InChI is InChI=1S/C17H16N4O/c1-13-7-8-18-16(9-13)20-17(22)12-21-11-15(10-19-21)14-5-3-2-4-6-14/h2-11H,12H2,1H3,(H,18,20,22). The first-order valence-electron chi connectivity index (χ1n) is 7.01. The van der Waals surface area contributed by atoms with Crippen molar-refractivity contribution in [3.05, 3.63) is 66.6 Å². The number of nitrogens with zero attached hydrogens (tertiary/aromatic N) is 3. The minimum atomic E-state index is -0.152. The van der Waals surface area contributed by atoms with Crippen LogP contribution in [0.2, 0.25) is 0 Å². The molecule has 0 saturated carbocycles. The van der Waals surface area contributed by atoms with Gasteiger partial charge in [-0.15, -0.1) is 0 Å². The lowest BCUT2D eigenvalue weighted by molar-refractivity contribution is -0.116. The van der Waals surface area contributed by atoms with Crippen molar-refractivity contribution in [1.82, 2.24) is 14.8 Å². The Bertz CT molecular complexity index is 780. The summed E-state index contributed by atoms with van der Waals surface area (Å²) in [4.78, 5) is 16.1. The van der Waals surface area contributed by atoms with Crippen LogP contribution in [-0.2, 0) is 11.3 Å². The van der Waals surface area contributed by atoms with Gasteiger partial charge >= 0.3 is 0 Å². The van der Waals surface area contributed by atoms with Crippen LogP contribution in [0.15, 0.2) is 61.1 Å². The number of carbonyl (C=O) groups is 1. The minimum absolute atomic E-state index is 0.152. The number of aromatic nitrogens is 3. The monoisotopic (exact) mass is 292 g/mol. The molecule has 0 saturated heterocycles. The lowest BCUT2D eigenvalue weighted by Gasteiger charge is -2.05. The Labute approximate surface area is 128 Å². The molecule has 2 aromatic heterocycles. The highest BCUT2D eigenvalue weighted by Gasteiger charge is 2.07. The summed E-state index contributed by atoms with van der Waals surface area (Å²) in [5.41, 5.74) is 3.12. The number of carbonyl (C=O) groups excluding carboxylic acids is 1. The van der Waals surface area contributed by atoms with Gasteiger partial charge in [-0.05, 0) is 30.2 Å². The first-order chi connectivity index (χ1) is 10.7. The van der Waals surface area contributed by atoms with E-state index in [0.29, 0.717) is 5.82 Å². The van der Waals surface area contributed by atoms with Gasteiger partial charge in [-0.25, -0.2) is 4.98 Å². The van der Waals surface area contributed by atoms with Gasteiger partial charge in [0.2, 0.25) is 5.91 Å². The maximum Gasteiger partial charge on any atom is 0.247 e. The zero-order valence-electron chi connectivity index (χ0n) is 12.2. The van der Waals surface area contributed by atoms with E-state index in [1.807, 2.05) is 55.6 Å². The van der Waals surface area contributed by atoms with Gasteiger partial charge in [0.1, 0.15) is 12.4 Å². The molecule has 0 fully saturated rings. The molecular weight excluding hydrogens is 276 g/mol. The van der Waals surface area contributed by atoms with Gasteiger partial charge in [0.15, 0.2) is 0 Å². The molecule has 0 aliphatic rings. The fourth-order valence-electron chi connectivity index (χ4n) is 2.16. The van der Waals surface area contributed by atoms with Crippen LogP contribution in [0.1, 0.15) is 5.56 Å². The Morgan fingerprint density at radius 3 is 2.77 bits per heavy atom. The number of rotatable bonds is 4. The molecule has 0 bridgehead atoms. The van der Waals surface area contributed by atoms with Crippen LogP contribution in [0.5, 0.6) is 0 Å². The van der Waals surface area contributed by atoms with E-state index in [2.05, 4.69) is 15.4 Å². The van der Waals surface area contributed by atoms with Crippen molar-refractivity contribution in [2.45, 2.75) is 13.5 Å². The second-order valence-corrected chi connectivity index (χ2v) is 5.06. The molecule has 1 amide bonds. The molecule has 5 nitrogen and oxygen atoms in total. The summed E-state index contributed by atoms with van der Waals surface area (Å²) < 4.78 is 1.62. The van der Waals surface area contributed by atoms with Crippen LogP contribution in [-0.4, -0.2) is 20.7 Å². The Balaban J connectivity index is 1.66. The van der Waals surface area contributed by atoms with E-state index >= 15 is 0 Å². The highest BCUT2D eigenvalue weighted by molar-refractivity contribution is 5.89. The SMILES string of the molecule is Cc1ccnc(NC(=O)Cn2cc(-c3ccccc3)cn2)c1. The van der Waals surface area contributed by atoms with Crippen molar-refractivity contribution in [2.24, 2.45) is 0 Å². The van der Waals surface area contributed by atoms with Crippen molar-refractivity contribution in [3.8, 4) is 11.1 Å². The predicted molar refractivity (Wildman–Crippen MR) is 85.3 cm³/mol. The molecule has 3 aromatic rings. The van der Waals surface area contributed by atoms with Gasteiger partial charge in [-0.2, -0.15) is 5.10 Å². The quantitative estimate of drug-likeness (QED) is 0.804. The van der Waals surface area contributed by atoms with Crippen molar-refractivity contribution in [1.29, 1.82) is 0 Å². The van der Waals surface area contributed by atoms with E-state index in [1.165, 1.54) is 0 Å². The average Bonchev–Trinajstić information content (AvgIpc) is 2.96. The molecule has 0 unspecified atom stereocenters. The van der Waals surface area contributed by atoms with E-state index < -0.39 is 0 Å². The lowest BCUT2D eigenvalue weighted by Crippen LogP contribution is -2.19. The fraction of sp³-hybridized carbons (Fsp3) is 0.118. The zero-order valence-corrected chi connectivity index (χ0v) is 12.2. The van der Waals surface area contributed by atoms with E-state index in [9.17, 15) is 4.79 Å². The fourth-order valence-corrected chi connectivity index (χ4v) is 2.16. The number of nitrogens with one attached hydrogen (secondary N) is 1. The Kier molecular flexibility index (Phi) is 3.96. The molecule has 2 heterocycles. The predicted octanol–water partition coefficient (Wildman–Crippen LogP) is 2.89. The Morgan fingerprint density at radius 1 is 1.18 bits per heavy atom. The van der Waals surface area contributed by atoms with Crippen molar-refractivity contribution >= 4 is 11.7 Å². The van der Waals surface area contributed by atoms with E-state index in [0.717, 1.165) is 16.7 Å². The van der Waals surface area contributed by atoms with Crippen molar-refractivity contribution < 1.29 is 4.79 Å². The molecule has 3 rings (SSSR count). The summed E-state index contributed by atoms with van der Waals surface area (Å²) in [6, 6.07) is 13.7. The molecule has 0 aliphatic carbocycles. The number of hydrogen-bond donors (Lipinski definition) is 1. The molecule has 0 radical (unpaired) electrons. The zero-order chi connectivity index (χ0) is 15.4. The van der Waals surface area contributed by atoms with Crippen LogP contribution < -0.4 is 5.32 Å². The van der Waals surface area contributed by atoms with E-state index in [4.69, 9.17) is 0 Å². The third-order valence-electron chi connectivity index (χ3n) is 3.23. The summed E-state index contributed by atoms with van der Waals surface area (Å²) in [6.45, 7) is 2.11. The van der Waals surface area contributed by atoms with Gasteiger partial charge in [-0.3, -0.25) is 9.48 Å². The summed E-state index contributed by atoms with van der Waals surface area (Å²) in [5, 5.41) is 7.00. The normalized spacial score (nSPS) is 10.4. The highest BCUT2D eigenvalue weighted by atomic mass is 16.2. The second-order valence-electron chi connectivity index (χ2n) is 5.06. The number of pyridine rings is 1. The van der Waals surface area contributed by atoms with Crippen molar-refractivity contribution in [2.75, 3.05) is 5.32 Å². The summed E-state index contributed by atoms with van der Waals surface area (Å²) in [7, 11) is 0. The maximum absolute atomic E-state index is 12.0. The van der Waals surface area contributed by atoms with E-state index in [1.54, 1.807) is 17.1 Å². The van der Waals surface area contributed by atoms with Crippen molar-refractivity contribution in [3.63, 3.8) is 0 Å². The van der Waals surface area contributed by atoms with Crippen LogP contribution in [0, 0.1) is 6.92 Å². The van der Waals surface area contributed by atoms with Gasteiger partial charge in [0, 0.05) is 18.0 Å². The van der Waals surface area contributed by atoms with E-state index in [-0.39, 0.29) is 12.5 Å². The molecule has 5 heteroatoms. The first-order valence-corrected chi connectivity index (χ1v) is 7.01. The number of anilines is 1. The first kappa shape index (κ1) is 14.0. The lowest BCUT2D eigenvalue weighted by atomic mass is 10.1. The number of hydrogen-bond acceptors (Lipinski definition) is 3. The van der Waals surface area contributed by atoms with Crippen LogP contribution in [0.3, 0.4) is 0 Å². The summed E-state index contributed by atoms with van der Waals surface area (Å²) in [5.74, 6) is 0.404. The van der Waals surface area contributed by atoms with Gasteiger partial charge in [0.05, 0.1) is 6.20 Å². The summed E-state index contributed by atoms with van der Waals surface area (Å²) >= 11 is 0. The van der Waals surface area contributed by atoms with Gasteiger partial charge < -0.3 is 5.32 Å². The smallest absolute Gasteiger partial charge is 0.247 e. The molecule has 0 atom stereocenters. The summed E-state index contributed by atoms with van der Waals surface area (Å²) in [6.07, 6.45) is 5.29. The topological polar surface area (TPSA) is 59.8 Å². The molecule has 1 N–H and O–H groups in total.